The summed E-state index contributed by atoms with van der Waals surface area (Å²) in [5.74, 6) is -0.308. The van der Waals surface area contributed by atoms with Crippen LogP contribution in [0, 0.1) is 6.92 Å². The van der Waals surface area contributed by atoms with E-state index in [0.717, 1.165) is 26.2 Å². The lowest BCUT2D eigenvalue weighted by Crippen LogP contribution is -2.27. The van der Waals surface area contributed by atoms with Crippen LogP contribution in [-0.4, -0.2) is 20.4 Å². The van der Waals surface area contributed by atoms with Crippen molar-refractivity contribution < 1.29 is 4.79 Å². The summed E-state index contributed by atoms with van der Waals surface area (Å²) in [6.07, 6.45) is 1.43. The summed E-state index contributed by atoms with van der Waals surface area (Å²) in [6, 6.07) is 9.88. The Labute approximate surface area is 177 Å². The summed E-state index contributed by atoms with van der Waals surface area (Å²) in [4.78, 5) is 36.0. The van der Waals surface area contributed by atoms with Crippen molar-refractivity contribution >= 4 is 65.5 Å². The smallest absolute Gasteiger partial charge is 0.263 e. The highest BCUT2D eigenvalue weighted by Gasteiger charge is 2.16. The van der Waals surface area contributed by atoms with Gasteiger partial charge >= 0.3 is 0 Å². The van der Waals surface area contributed by atoms with Crippen LogP contribution in [0.25, 0.3) is 30.9 Å². The van der Waals surface area contributed by atoms with Crippen molar-refractivity contribution in [2.24, 2.45) is 0 Å². The Hall–Kier alpha value is -2.88. The van der Waals surface area contributed by atoms with E-state index in [4.69, 9.17) is 0 Å². The average molecular weight is 439 g/mol. The minimum atomic E-state index is -0.308. The van der Waals surface area contributed by atoms with Gasteiger partial charge < -0.3 is 5.32 Å². The summed E-state index contributed by atoms with van der Waals surface area (Å²) in [5.41, 5.74) is 2.64. The molecule has 9 heteroatoms. The van der Waals surface area contributed by atoms with Crippen LogP contribution in [0.15, 0.2) is 52.2 Å². The minimum absolute atomic E-state index is 0.115. The molecule has 6 nitrogen and oxygen atoms in total. The zero-order chi connectivity index (χ0) is 20.0. The van der Waals surface area contributed by atoms with Crippen LogP contribution in [-0.2, 0) is 11.3 Å². The Balaban J connectivity index is 1.43. The molecule has 0 aliphatic heterocycles. The SMILES string of the molecule is Cc1ccc2nc(NC(=O)Cn3cnc4scc(-c5cccs5)c4c3=O)sc2c1. The molecule has 0 unspecified atom stereocenters. The third-order valence-corrected chi connectivity index (χ3v) is 7.17. The molecule has 1 aromatic carbocycles. The molecule has 0 radical (unpaired) electrons. The number of anilines is 1. The maximum Gasteiger partial charge on any atom is 0.263 e. The number of rotatable bonds is 4. The van der Waals surface area contributed by atoms with E-state index in [1.165, 1.54) is 33.6 Å². The van der Waals surface area contributed by atoms with Crippen LogP contribution in [0.2, 0.25) is 0 Å². The van der Waals surface area contributed by atoms with Crippen molar-refractivity contribution in [3.05, 3.63) is 63.3 Å². The standard InChI is InChI=1S/C20H14N4O2S3/c1-11-4-5-13-15(7-11)29-20(22-13)23-16(25)8-24-10-21-18-17(19(24)26)12(9-28-18)14-3-2-6-27-14/h2-7,9-10H,8H2,1H3,(H,22,23,25). The maximum atomic E-state index is 13.0. The lowest BCUT2D eigenvalue weighted by Gasteiger charge is -2.05. The van der Waals surface area contributed by atoms with Crippen molar-refractivity contribution in [3.63, 3.8) is 0 Å². The van der Waals surface area contributed by atoms with Gasteiger partial charge in [-0.3, -0.25) is 14.2 Å². The Morgan fingerprint density at radius 2 is 2.14 bits per heavy atom. The first-order valence-electron chi connectivity index (χ1n) is 8.76. The Bertz CT molecular complexity index is 1410. The first-order valence-corrected chi connectivity index (χ1v) is 11.3. The van der Waals surface area contributed by atoms with Crippen LogP contribution < -0.4 is 10.9 Å². The fourth-order valence-corrected chi connectivity index (χ4v) is 5.79. The van der Waals surface area contributed by atoms with E-state index in [1.807, 2.05) is 48.0 Å². The third kappa shape index (κ3) is 3.37. The highest BCUT2D eigenvalue weighted by atomic mass is 32.1. The number of amides is 1. The third-order valence-electron chi connectivity index (χ3n) is 4.45. The minimum Gasteiger partial charge on any atom is -0.300 e. The van der Waals surface area contributed by atoms with E-state index in [9.17, 15) is 9.59 Å². The number of fused-ring (bicyclic) bond motifs is 2. The van der Waals surface area contributed by atoms with Crippen molar-refractivity contribution in [1.82, 2.24) is 14.5 Å². The van der Waals surface area contributed by atoms with E-state index in [1.54, 1.807) is 11.3 Å². The molecule has 4 aromatic heterocycles. The molecule has 5 rings (SSSR count). The molecule has 0 fully saturated rings. The molecule has 0 saturated carbocycles. The molecule has 29 heavy (non-hydrogen) atoms. The monoisotopic (exact) mass is 438 g/mol. The zero-order valence-corrected chi connectivity index (χ0v) is 17.7. The van der Waals surface area contributed by atoms with E-state index >= 15 is 0 Å². The molecule has 0 atom stereocenters. The molecule has 1 N–H and O–H groups in total. The maximum absolute atomic E-state index is 13.0. The molecular weight excluding hydrogens is 424 g/mol. The average Bonchev–Trinajstić information content (AvgIpc) is 3.42. The van der Waals surface area contributed by atoms with Crippen molar-refractivity contribution in [2.75, 3.05) is 5.32 Å². The number of hydrogen-bond acceptors (Lipinski definition) is 7. The van der Waals surface area contributed by atoms with Crippen LogP contribution in [0.1, 0.15) is 5.56 Å². The number of carbonyl (C=O) groups excluding carboxylic acids is 1. The molecule has 1 amide bonds. The van der Waals surface area contributed by atoms with Crippen LogP contribution in [0.3, 0.4) is 0 Å². The number of nitrogens with zero attached hydrogens (tertiary/aromatic N) is 3. The molecule has 4 heterocycles. The number of carbonyl (C=O) groups is 1. The van der Waals surface area contributed by atoms with Gasteiger partial charge in [0.1, 0.15) is 11.4 Å². The lowest BCUT2D eigenvalue weighted by molar-refractivity contribution is -0.116. The van der Waals surface area contributed by atoms with E-state index in [2.05, 4.69) is 15.3 Å². The number of nitrogens with one attached hydrogen (secondary N) is 1. The highest BCUT2D eigenvalue weighted by molar-refractivity contribution is 7.22. The predicted octanol–water partition coefficient (Wildman–Crippen LogP) is 4.74. The van der Waals surface area contributed by atoms with Crippen molar-refractivity contribution in [2.45, 2.75) is 13.5 Å². The number of benzene rings is 1. The number of thiophene rings is 2. The Kier molecular flexibility index (Phi) is 4.50. The second kappa shape index (κ2) is 7.18. The molecule has 0 bridgehead atoms. The second-order valence-electron chi connectivity index (χ2n) is 6.52. The number of thiazole rings is 1. The van der Waals surface area contributed by atoms with Gasteiger partial charge in [0.25, 0.3) is 5.56 Å². The summed E-state index contributed by atoms with van der Waals surface area (Å²) in [7, 11) is 0. The van der Waals surface area contributed by atoms with Crippen molar-refractivity contribution in [1.29, 1.82) is 0 Å². The molecule has 0 spiro atoms. The van der Waals surface area contributed by atoms with Gasteiger partial charge in [-0.1, -0.05) is 23.5 Å². The Morgan fingerprint density at radius 1 is 1.24 bits per heavy atom. The largest absolute Gasteiger partial charge is 0.300 e. The fourth-order valence-electron chi connectivity index (χ4n) is 3.09. The van der Waals surface area contributed by atoms with Gasteiger partial charge in [0, 0.05) is 15.8 Å². The quantitative estimate of drug-likeness (QED) is 0.440. The molecule has 5 aromatic rings. The second-order valence-corrected chi connectivity index (χ2v) is 9.36. The van der Waals surface area contributed by atoms with Crippen molar-refractivity contribution in [3.8, 4) is 10.4 Å². The molecule has 0 aliphatic rings. The van der Waals surface area contributed by atoms with E-state index in [-0.39, 0.29) is 18.0 Å². The normalized spacial score (nSPS) is 11.3. The van der Waals surface area contributed by atoms with Gasteiger partial charge in [-0.2, -0.15) is 0 Å². The molecule has 0 aliphatic carbocycles. The zero-order valence-electron chi connectivity index (χ0n) is 15.2. The van der Waals surface area contributed by atoms with Gasteiger partial charge in [0.2, 0.25) is 5.91 Å². The van der Waals surface area contributed by atoms with E-state index in [0.29, 0.717) is 15.3 Å². The van der Waals surface area contributed by atoms with Crippen LogP contribution in [0.4, 0.5) is 5.13 Å². The molecular formula is C20H14N4O2S3. The van der Waals surface area contributed by atoms with Gasteiger partial charge in [-0.25, -0.2) is 9.97 Å². The first kappa shape index (κ1) is 18.2. The topological polar surface area (TPSA) is 76.9 Å². The van der Waals surface area contributed by atoms with E-state index < -0.39 is 0 Å². The molecule has 0 saturated heterocycles. The van der Waals surface area contributed by atoms with Gasteiger partial charge in [-0.05, 0) is 36.1 Å². The van der Waals surface area contributed by atoms with Crippen LogP contribution >= 0.6 is 34.0 Å². The first-order chi connectivity index (χ1) is 14.1. The fraction of sp³-hybridized carbons (Fsp3) is 0.100. The Morgan fingerprint density at radius 3 is 2.97 bits per heavy atom. The predicted molar refractivity (Wildman–Crippen MR) is 120 cm³/mol. The van der Waals surface area contributed by atoms with Crippen LogP contribution in [0.5, 0.6) is 0 Å². The lowest BCUT2D eigenvalue weighted by atomic mass is 10.2. The highest BCUT2D eigenvalue weighted by Crippen LogP contribution is 2.33. The van der Waals surface area contributed by atoms with Gasteiger partial charge in [0.05, 0.1) is 21.9 Å². The summed E-state index contributed by atoms with van der Waals surface area (Å²) < 4.78 is 2.36. The molecule has 144 valence electrons. The summed E-state index contributed by atoms with van der Waals surface area (Å²) in [5, 5.41) is 7.79. The summed E-state index contributed by atoms with van der Waals surface area (Å²) >= 11 is 4.42. The number of hydrogen-bond donors (Lipinski definition) is 1. The summed E-state index contributed by atoms with van der Waals surface area (Å²) in [6.45, 7) is 1.90. The number of aromatic nitrogens is 3. The van der Waals surface area contributed by atoms with Gasteiger partial charge in [0.15, 0.2) is 5.13 Å². The number of aryl methyl sites for hydroxylation is 1. The van der Waals surface area contributed by atoms with Gasteiger partial charge in [-0.15, -0.1) is 22.7 Å².